The normalized spacial score (nSPS) is 15.0. The van der Waals surface area contributed by atoms with Crippen molar-refractivity contribution in [2.45, 2.75) is 51.6 Å². The maximum Gasteiger partial charge on any atom is 0.123 e. The molecule has 0 aliphatic carbocycles. The first-order chi connectivity index (χ1) is 9.66. The van der Waals surface area contributed by atoms with Crippen molar-refractivity contribution in [1.82, 2.24) is 4.98 Å². The van der Waals surface area contributed by atoms with Gasteiger partial charge in [0.2, 0.25) is 0 Å². The molecule has 0 aliphatic rings. The molecule has 1 atom stereocenters. The minimum atomic E-state index is -0.930. The molecule has 0 radical (unpaired) electrons. The summed E-state index contributed by atoms with van der Waals surface area (Å²) in [6, 6.07) is 6.38. The maximum atomic E-state index is 13.2. The minimum absolute atomic E-state index is 0.0170. The molecule has 0 bridgehead atoms. The summed E-state index contributed by atoms with van der Waals surface area (Å²) >= 11 is 1.57. The molecule has 1 unspecified atom stereocenters. The Balaban J connectivity index is 2.08. The predicted octanol–water partition coefficient (Wildman–Crippen LogP) is 4.12. The molecule has 2 aromatic rings. The highest BCUT2D eigenvalue weighted by Crippen LogP contribution is 2.27. The van der Waals surface area contributed by atoms with Crippen molar-refractivity contribution in [3.63, 3.8) is 0 Å². The van der Waals surface area contributed by atoms with Gasteiger partial charge in [0.05, 0.1) is 16.3 Å². The number of hydrogen-bond acceptors (Lipinski definition) is 3. The van der Waals surface area contributed by atoms with Gasteiger partial charge in [-0.25, -0.2) is 9.37 Å². The highest BCUT2D eigenvalue weighted by molar-refractivity contribution is 7.09. The van der Waals surface area contributed by atoms with Crippen LogP contribution in [-0.4, -0.2) is 15.7 Å². The first-order valence-electron chi connectivity index (χ1n) is 7.07. The van der Waals surface area contributed by atoms with Crippen LogP contribution in [0.1, 0.15) is 44.0 Å². The Kier molecular flexibility index (Phi) is 4.49. The van der Waals surface area contributed by atoms with E-state index in [-0.39, 0.29) is 11.2 Å². The van der Waals surface area contributed by atoms with Crippen molar-refractivity contribution in [2.75, 3.05) is 0 Å². The molecule has 0 spiro atoms. The van der Waals surface area contributed by atoms with E-state index in [2.05, 4.69) is 25.8 Å². The average molecular weight is 307 g/mol. The zero-order chi connectivity index (χ0) is 15.7. The van der Waals surface area contributed by atoms with Gasteiger partial charge in [-0.05, 0) is 24.6 Å². The Bertz CT molecular complexity index is 613. The Morgan fingerprint density at radius 3 is 2.48 bits per heavy atom. The van der Waals surface area contributed by atoms with Crippen LogP contribution in [0.25, 0.3) is 0 Å². The molecule has 0 amide bonds. The van der Waals surface area contributed by atoms with Gasteiger partial charge in [0, 0.05) is 23.6 Å². The summed E-state index contributed by atoms with van der Waals surface area (Å²) in [4.78, 5) is 4.61. The summed E-state index contributed by atoms with van der Waals surface area (Å²) in [5, 5.41) is 13.5. The lowest BCUT2D eigenvalue weighted by molar-refractivity contribution is 0.0606. The summed E-state index contributed by atoms with van der Waals surface area (Å²) in [5.41, 5.74) is 0.931. The Labute approximate surface area is 129 Å². The van der Waals surface area contributed by atoms with E-state index in [4.69, 9.17) is 0 Å². The van der Waals surface area contributed by atoms with E-state index in [1.165, 1.54) is 12.1 Å². The SMILES string of the molecule is CC(O)(Cc1cccc(F)c1)Cc1nc(C(C)(C)C)cs1. The number of rotatable bonds is 4. The van der Waals surface area contributed by atoms with Gasteiger partial charge in [0.1, 0.15) is 5.82 Å². The van der Waals surface area contributed by atoms with Crippen molar-refractivity contribution in [2.24, 2.45) is 0 Å². The van der Waals surface area contributed by atoms with Gasteiger partial charge < -0.3 is 5.11 Å². The van der Waals surface area contributed by atoms with Crippen LogP contribution < -0.4 is 0 Å². The number of thiazole rings is 1. The second-order valence-corrected chi connectivity index (χ2v) is 7.80. The summed E-state index contributed by atoms with van der Waals surface area (Å²) in [5.74, 6) is -0.271. The molecule has 4 heteroatoms. The van der Waals surface area contributed by atoms with Gasteiger partial charge in [-0.15, -0.1) is 11.3 Å². The molecular formula is C17H22FNOS. The van der Waals surface area contributed by atoms with Gasteiger partial charge in [-0.2, -0.15) is 0 Å². The van der Waals surface area contributed by atoms with E-state index < -0.39 is 5.60 Å². The number of halogens is 1. The lowest BCUT2D eigenvalue weighted by atomic mass is 9.92. The second-order valence-electron chi connectivity index (χ2n) is 6.86. The fraction of sp³-hybridized carbons (Fsp3) is 0.471. The molecule has 1 aromatic heterocycles. The van der Waals surface area contributed by atoms with Crippen LogP contribution in [0.3, 0.4) is 0 Å². The van der Waals surface area contributed by atoms with E-state index in [0.29, 0.717) is 12.8 Å². The fourth-order valence-electron chi connectivity index (χ4n) is 2.21. The van der Waals surface area contributed by atoms with Gasteiger partial charge in [-0.1, -0.05) is 32.9 Å². The Hall–Kier alpha value is -1.26. The zero-order valence-electron chi connectivity index (χ0n) is 13.0. The third kappa shape index (κ3) is 4.61. The monoisotopic (exact) mass is 307 g/mol. The molecule has 0 aliphatic heterocycles. The van der Waals surface area contributed by atoms with Gasteiger partial charge >= 0.3 is 0 Å². The van der Waals surface area contributed by atoms with Crippen molar-refractivity contribution in [3.8, 4) is 0 Å². The number of hydrogen-bond donors (Lipinski definition) is 1. The van der Waals surface area contributed by atoms with Crippen molar-refractivity contribution >= 4 is 11.3 Å². The topological polar surface area (TPSA) is 33.1 Å². The molecule has 0 saturated carbocycles. The second kappa shape index (κ2) is 5.85. The molecule has 21 heavy (non-hydrogen) atoms. The highest BCUT2D eigenvalue weighted by Gasteiger charge is 2.25. The third-order valence-corrected chi connectivity index (χ3v) is 4.18. The molecule has 1 aromatic carbocycles. The summed E-state index contributed by atoms with van der Waals surface area (Å²) < 4.78 is 13.2. The zero-order valence-corrected chi connectivity index (χ0v) is 13.8. The van der Waals surface area contributed by atoms with Crippen LogP contribution >= 0.6 is 11.3 Å². The molecule has 1 N–H and O–H groups in total. The summed E-state index contributed by atoms with van der Waals surface area (Å²) in [6.07, 6.45) is 0.888. The molecule has 0 saturated heterocycles. The molecule has 2 nitrogen and oxygen atoms in total. The number of nitrogens with zero attached hydrogens (tertiary/aromatic N) is 1. The van der Waals surface area contributed by atoms with E-state index in [0.717, 1.165) is 16.3 Å². The number of aliphatic hydroxyl groups is 1. The molecule has 114 valence electrons. The van der Waals surface area contributed by atoms with Crippen molar-refractivity contribution < 1.29 is 9.50 Å². The van der Waals surface area contributed by atoms with Crippen molar-refractivity contribution in [3.05, 3.63) is 51.7 Å². The van der Waals surface area contributed by atoms with Gasteiger partial charge in [-0.3, -0.25) is 0 Å². The Morgan fingerprint density at radius 2 is 1.90 bits per heavy atom. The van der Waals surface area contributed by atoms with E-state index >= 15 is 0 Å². The van der Waals surface area contributed by atoms with Crippen LogP contribution in [0.15, 0.2) is 29.6 Å². The van der Waals surface area contributed by atoms with E-state index in [1.54, 1.807) is 24.3 Å². The van der Waals surface area contributed by atoms with Crippen molar-refractivity contribution in [1.29, 1.82) is 0 Å². The predicted molar refractivity (Wildman–Crippen MR) is 85.2 cm³/mol. The molecule has 0 fully saturated rings. The third-order valence-electron chi connectivity index (χ3n) is 3.33. The maximum absolute atomic E-state index is 13.2. The highest BCUT2D eigenvalue weighted by atomic mass is 32.1. The quantitative estimate of drug-likeness (QED) is 0.922. The van der Waals surface area contributed by atoms with Gasteiger partial charge in [0.15, 0.2) is 0 Å². The minimum Gasteiger partial charge on any atom is -0.389 e. The first kappa shape index (κ1) is 16.1. The average Bonchev–Trinajstić information content (AvgIpc) is 2.75. The summed E-state index contributed by atoms with van der Waals surface area (Å²) in [7, 11) is 0. The first-order valence-corrected chi connectivity index (χ1v) is 7.95. The van der Waals surface area contributed by atoms with E-state index in [1.807, 2.05) is 11.4 Å². The number of benzene rings is 1. The standard InChI is InChI=1S/C17H22FNOS/c1-16(2,3)14-11-21-15(19-14)10-17(4,20)9-12-6-5-7-13(18)8-12/h5-8,11,20H,9-10H2,1-4H3. The molecule has 1 heterocycles. The molecule has 2 rings (SSSR count). The molecular weight excluding hydrogens is 285 g/mol. The fourth-order valence-corrected chi connectivity index (χ4v) is 3.41. The largest absolute Gasteiger partial charge is 0.389 e. The Morgan fingerprint density at radius 1 is 1.19 bits per heavy atom. The van der Waals surface area contributed by atoms with Crippen LogP contribution in [0.4, 0.5) is 4.39 Å². The van der Waals surface area contributed by atoms with Gasteiger partial charge in [0.25, 0.3) is 0 Å². The summed E-state index contributed by atoms with van der Waals surface area (Å²) in [6.45, 7) is 8.14. The van der Waals surface area contributed by atoms with E-state index in [9.17, 15) is 9.50 Å². The smallest absolute Gasteiger partial charge is 0.123 e. The number of aromatic nitrogens is 1. The lowest BCUT2D eigenvalue weighted by Gasteiger charge is -2.22. The van der Waals surface area contributed by atoms with Crippen LogP contribution in [0, 0.1) is 5.82 Å². The van der Waals surface area contributed by atoms with Crippen LogP contribution in [0.5, 0.6) is 0 Å². The van der Waals surface area contributed by atoms with Crippen LogP contribution in [-0.2, 0) is 18.3 Å². The lowest BCUT2D eigenvalue weighted by Crippen LogP contribution is -2.30. The van der Waals surface area contributed by atoms with Crippen LogP contribution in [0.2, 0.25) is 0 Å².